The maximum absolute atomic E-state index is 12.5. The molecule has 4 aromatic rings. The highest BCUT2D eigenvalue weighted by Crippen LogP contribution is 2.30. The normalized spacial score (nSPS) is 14.1. The second kappa shape index (κ2) is 19.0. The highest BCUT2D eigenvalue weighted by Gasteiger charge is 2.24. The van der Waals surface area contributed by atoms with Gasteiger partial charge in [-0.2, -0.15) is 0 Å². The predicted octanol–water partition coefficient (Wildman–Crippen LogP) is 9.59. The number of carbonyl (C=O) groups excluding carboxylic acids is 2. The molecule has 9 nitrogen and oxygen atoms in total. The van der Waals surface area contributed by atoms with Crippen molar-refractivity contribution >= 4 is 131 Å². The third-order valence-corrected chi connectivity index (χ3v) is 13.1. The number of carboxylic acids is 1. The van der Waals surface area contributed by atoms with E-state index in [-0.39, 0.29) is 16.7 Å². The van der Waals surface area contributed by atoms with Crippen LogP contribution in [0.4, 0.5) is 0 Å². The van der Waals surface area contributed by atoms with Crippen LogP contribution in [0.5, 0.6) is 0 Å². The van der Waals surface area contributed by atoms with Crippen molar-refractivity contribution in [3.8, 4) is 11.8 Å². The van der Waals surface area contributed by atoms with Crippen molar-refractivity contribution in [1.82, 2.24) is 24.8 Å². The number of carboxylic acid groups (broad SMARTS) is 1. The van der Waals surface area contributed by atoms with Crippen molar-refractivity contribution in [3.05, 3.63) is 77.2 Å². The molecule has 248 valence electrons. The molecule has 0 unspecified atom stereocenters. The first-order valence-corrected chi connectivity index (χ1v) is 20.6. The van der Waals surface area contributed by atoms with Crippen molar-refractivity contribution in [1.29, 1.82) is 0 Å². The molecule has 0 bridgehead atoms. The van der Waals surface area contributed by atoms with Gasteiger partial charge in [0.15, 0.2) is 12.8 Å². The first-order valence-electron chi connectivity index (χ1n) is 14.2. The maximum Gasteiger partial charge on any atom is 0.348 e. The molecule has 1 aromatic carbocycles. The molecule has 47 heavy (non-hydrogen) atoms. The predicted molar refractivity (Wildman–Crippen MR) is 204 cm³/mol. The Bertz CT molecular complexity index is 1760. The summed E-state index contributed by atoms with van der Waals surface area (Å²) in [4.78, 5) is 52.6. The number of amides is 2. The largest absolute Gasteiger partial charge is 0.477 e. The molecular weight excluding hydrogens is 990 g/mol. The molecule has 0 saturated carbocycles. The monoisotopic (exact) mass is 1010 g/mol. The van der Waals surface area contributed by atoms with E-state index in [4.69, 9.17) is 5.11 Å². The number of halogens is 5. The minimum atomic E-state index is -0.963. The van der Waals surface area contributed by atoms with Crippen molar-refractivity contribution in [3.63, 3.8) is 0 Å². The van der Waals surface area contributed by atoms with Gasteiger partial charge in [-0.15, -0.1) is 11.3 Å². The number of hydrogen-bond donors (Lipinski definition) is 1. The van der Waals surface area contributed by atoms with Crippen LogP contribution in [0.1, 0.15) is 78.1 Å². The second-order valence-electron chi connectivity index (χ2n) is 9.94. The Balaban J connectivity index is 0.000000173. The third-order valence-electron chi connectivity index (χ3n) is 6.66. The van der Waals surface area contributed by atoms with Gasteiger partial charge in [0.25, 0.3) is 11.8 Å². The topological polar surface area (TPSA) is 117 Å². The summed E-state index contributed by atoms with van der Waals surface area (Å²) in [5.74, 6) is 5.31. The lowest BCUT2D eigenvalue weighted by atomic mass is 10.1. The Labute approximate surface area is 326 Å². The van der Waals surface area contributed by atoms with E-state index in [1.807, 2.05) is 40.1 Å². The van der Waals surface area contributed by atoms with Crippen LogP contribution in [0.2, 0.25) is 0 Å². The number of benzene rings is 1. The van der Waals surface area contributed by atoms with E-state index < -0.39 is 5.97 Å². The summed E-state index contributed by atoms with van der Waals surface area (Å²) in [6, 6.07) is 9.77. The van der Waals surface area contributed by atoms with E-state index in [0.717, 1.165) is 72.7 Å². The van der Waals surface area contributed by atoms with E-state index in [1.165, 1.54) is 35.5 Å². The number of hydrogen-bond acceptors (Lipinski definition) is 9. The van der Waals surface area contributed by atoms with E-state index in [0.29, 0.717) is 32.5 Å². The first-order chi connectivity index (χ1) is 22.5. The van der Waals surface area contributed by atoms with Crippen LogP contribution in [-0.2, 0) is 0 Å². The van der Waals surface area contributed by atoms with E-state index >= 15 is 0 Å². The molecular formula is C30H26Br5N5O4S3. The van der Waals surface area contributed by atoms with Gasteiger partial charge in [0.1, 0.15) is 28.4 Å². The molecule has 3 aromatic heterocycles. The molecule has 2 amide bonds. The number of piperidine rings is 2. The molecule has 1 N–H and O–H groups in total. The minimum Gasteiger partial charge on any atom is -0.477 e. The summed E-state index contributed by atoms with van der Waals surface area (Å²) in [5.41, 5.74) is 0.942. The van der Waals surface area contributed by atoms with E-state index in [1.54, 1.807) is 0 Å². The van der Waals surface area contributed by atoms with Gasteiger partial charge in [-0.3, -0.25) is 9.59 Å². The van der Waals surface area contributed by atoms with Crippen LogP contribution < -0.4 is 0 Å². The number of thiazole rings is 3. The zero-order valence-corrected chi connectivity index (χ0v) is 34.9. The van der Waals surface area contributed by atoms with Gasteiger partial charge in [0.05, 0.1) is 0 Å². The smallest absolute Gasteiger partial charge is 0.348 e. The lowest BCUT2D eigenvalue weighted by molar-refractivity contribution is 0.0696. The Morgan fingerprint density at radius 3 is 1.49 bits per heavy atom. The van der Waals surface area contributed by atoms with Crippen LogP contribution in [0.3, 0.4) is 0 Å². The first kappa shape index (κ1) is 38.3. The van der Waals surface area contributed by atoms with Crippen molar-refractivity contribution in [2.24, 2.45) is 0 Å². The van der Waals surface area contributed by atoms with Gasteiger partial charge >= 0.3 is 5.97 Å². The molecule has 0 aliphatic carbocycles. The highest BCUT2D eigenvalue weighted by molar-refractivity contribution is 9.12. The van der Waals surface area contributed by atoms with Crippen LogP contribution in [0.25, 0.3) is 0 Å². The summed E-state index contributed by atoms with van der Waals surface area (Å²) in [6.07, 6.45) is 6.84. The highest BCUT2D eigenvalue weighted by atomic mass is 79.9. The molecule has 17 heteroatoms. The number of likely N-dealkylation sites (tertiary alicyclic amines) is 2. The van der Waals surface area contributed by atoms with Crippen LogP contribution in [0.15, 0.2) is 52.0 Å². The van der Waals surface area contributed by atoms with Gasteiger partial charge in [-0.25, -0.2) is 19.7 Å². The SMILES string of the molecule is O=C(O)c1sc(Br)nc1Br.O=C(c1sc(Br)nc1Br)N1CCCCC1.O=C(c1sc(C#Cc2ccccc2)nc1Br)N1CCCCC1. The Kier molecular flexibility index (Phi) is 15.5. The maximum atomic E-state index is 12.5. The van der Waals surface area contributed by atoms with Crippen LogP contribution >= 0.6 is 114 Å². The average molecular weight is 1020 g/mol. The van der Waals surface area contributed by atoms with Crippen molar-refractivity contribution in [2.45, 2.75) is 38.5 Å². The van der Waals surface area contributed by atoms with E-state index in [2.05, 4.69) is 106 Å². The molecule has 0 atom stereocenters. The Morgan fingerprint density at radius 1 is 0.617 bits per heavy atom. The molecule has 2 fully saturated rings. The fourth-order valence-corrected chi connectivity index (χ4v) is 10.3. The van der Waals surface area contributed by atoms with Gasteiger partial charge in [0.2, 0.25) is 0 Å². The van der Waals surface area contributed by atoms with Gasteiger partial charge in [-0.05, 0) is 136 Å². The van der Waals surface area contributed by atoms with Gasteiger partial charge in [0, 0.05) is 31.7 Å². The number of aromatic carboxylic acids is 1. The minimum absolute atomic E-state index is 0.0665. The standard InChI is InChI=1S/C17H15BrN2OS.C9H10Br2N2OS.C4HBr2NO2S/c18-16-15(17(21)20-11-5-2-6-12-20)22-14(19-16)10-9-13-7-3-1-4-8-13;10-7-6(15-9(11)12-7)8(14)13-4-2-1-3-5-13;5-2-1(3(8)9)10-4(6)7-2/h1,3-4,7-8H,2,5-6,11-12H2;1-5H2;(H,8,9). The van der Waals surface area contributed by atoms with Crippen LogP contribution in [-0.4, -0.2) is 73.8 Å². The summed E-state index contributed by atoms with van der Waals surface area (Å²) in [5, 5.41) is 9.16. The number of aromatic nitrogens is 3. The van der Waals surface area contributed by atoms with Gasteiger partial charge < -0.3 is 14.9 Å². The fraction of sp³-hybridized carbons (Fsp3) is 0.333. The number of nitrogens with zero attached hydrogens (tertiary/aromatic N) is 5. The van der Waals surface area contributed by atoms with Crippen molar-refractivity contribution in [2.75, 3.05) is 26.2 Å². The molecule has 0 spiro atoms. The molecule has 0 radical (unpaired) electrons. The van der Waals surface area contributed by atoms with Crippen LogP contribution in [0, 0.1) is 11.8 Å². The Hall–Kier alpha value is -1.52. The quantitative estimate of drug-likeness (QED) is 0.203. The summed E-state index contributed by atoms with van der Waals surface area (Å²) < 4.78 is 2.93. The van der Waals surface area contributed by atoms with E-state index in [9.17, 15) is 14.4 Å². The molecule has 5 heterocycles. The lowest BCUT2D eigenvalue weighted by Crippen LogP contribution is -2.35. The number of rotatable bonds is 3. The molecule has 2 aliphatic rings. The molecule has 2 saturated heterocycles. The third kappa shape index (κ3) is 11.5. The zero-order valence-electron chi connectivity index (χ0n) is 24.5. The Morgan fingerprint density at radius 2 is 1.06 bits per heavy atom. The van der Waals surface area contributed by atoms with Crippen molar-refractivity contribution < 1.29 is 19.5 Å². The number of carbonyl (C=O) groups is 3. The average Bonchev–Trinajstić information content (AvgIpc) is 3.75. The lowest BCUT2D eigenvalue weighted by Gasteiger charge is -2.26. The summed E-state index contributed by atoms with van der Waals surface area (Å²) >= 11 is 19.9. The summed E-state index contributed by atoms with van der Waals surface area (Å²) in [7, 11) is 0. The second-order valence-corrected chi connectivity index (χ2v) is 17.7. The molecule has 6 rings (SSSR count). The fourth-order valence-electron chi connectivity index (χ4n) is 4.43. The summed E-state index contributed by atoms with van der Waals surface area (Å²) in [6.45, 7) is 3.43. The zero-order chi connectivity index (χ0) is 33.9. The van der Waals surface area contributed by atoms with Gasteiger partial charge in [-0.1, -0.05) is 46.8 Å². The molecule has 2 aliphatic heterocycles.